The van der Waals surface area contributed by atoms with Gasteiger partial charge in [0.2, 0.25) is 0 Å². The topological polar surface area (TPSA) is 12.0 Å². The van der Waals surface area contributed by atoms with Gasteiger partial charge in [-0.3, -0.25) is 0 Å². The van der Waals surface area contributed by atoms with Gasteiger partial charge in [-0.15, -0.1) is 0 Å². The third-order valence-corrected chi connectivity index (χ3v) is 3.94. The summed E-state index contributed by atoms with van der Waals surface area (Å²) in [5, 5.41) is 4.83. The normalized spacial score (nSPS) is 13.6. The average molecular weight is 302 g/mol. The smallest absolute Gasteiger partial charge is 0.0595 e. The first-order chi connectivity index (χ1) is 8.81. The van der Waals surface area contributed by atoms with Gasteiger partial charge in [0.05, 0.1) is 10.0 Å². The summed E-state index contributed by atoms with van der Waals surface area (Å²) in [6, 6.07) is 6.42. The highest BCUT2D eigenvalue weighted by Crippen LogP contribution is 2.25. The van der Waals surface area contributed by atoms with Gasteiger partial charge in [0.1, 0.15) is 0 Å². The van der Waals surface area contributed by atoms with Crippen molar-refractivity contribution in [3.63, 3.8) is 0 Å². The van der Waals surface area contributed by atoms with Crippen LogP contribution in [0.4, 0.5) is 0 Å². The molecule has 1 aromatic rings. The van der Waals surface area contributed by atoms with E-state index in [0.717, 1.165) is 13.0 Å². The molecule has 0 spiro atoms. The van der Waals surface area contributed by atoms with Crippen LogP contribution in [0, 0.1) is 5.41 Å². The predicted octanol–water partition coefficient (Wildman–Crippen LogP) is 5.34. The van der Waals surface area contributed by atoms with E-state index >= 15 is 0 Å². The van der Waals surface area contributed by atoms with Crippen LogP contribution < -0.4 is 5.32 Å². The molecule has 0 radical (unpaired) electrons. The van der Waals surface area contributed by atoms with Gasteiger partial charge in [-0.2, -0.15) is 0 Å². The molecule has 0 saturated heterocycles. The number of nitrogens with one attached hydrogen (secondary N) is 1. The molecule has 1 aromatic carbocycles. The Morgan fingerprint density at radius 1 is 1.16 bits per heavy atom. The maximum Gasteiger partial charge on any atom is 0.0595 e. The van der Waals surface area contributed by atoms with Crippen molar-refractivity contribution in [3.8, 4) is 0 Å². The molecule has 0 heterocycles. The van der Waals surface area contributed by atoms with E-state index < -0.39 is 0 Å². The minimum Gasteiger partial charge on any atom is -0.314 e. The summed E-state index contributed by atoms with van der Waals surface area (Å²) in [5.74, 6) is 0. The van der Waals surface area contributed by atoms with Gasteiger partial charge >= 0.3 is 0 Å². The first-order valence-corrected chi connectivity index (χ1v) is 7.74. The maximum absolute atomic E-state index is 6.07. The molecule has 0 aliphatic heterocycles. The summed E-state index contributed by atoms with van der Waals surface area (Å²) in [6.45, 7) is 10.0. The third kappa shape index (κ3) is 6.65. The van der Waals surface area contributed by atoms with E-state index in [0.29, 0.717) is 21.5 Å². The van der Waals surface area contributed by atoms with Crippen molar-refractivity contribution in [2.75, 3.05) is 6.54 Å². The Hall–Kier alpha value is -0.240. The molecule has 0 aliphatic rings. The highest BCUT2D eigenvalue weighted by atomic mass is 35.5. The zero-order chi connectivity index (χ0) is 14.5. The summed E-state index contributed by atoms with van der Waals surface area (Å²) in [7, 11) is 0. The minimum atomic E-state index is 0.380. The molecule has 0 aromatic heterocycles. The molecule has 0 saturated carbocycles. The first kappa shape index (κ1) is 16.8. The van der Waals surface area contributed by atoms with Crippen LogP contribution in [0.2, 0.25) is 10.0 Å². The lowest BCUT2D eigenvalue weighted by molar-refractivity contribution is 0.330. The van der Waals surface area contributed by atoms with Crippen LogP contribution in [-0.2, 0) is 6.42 Å². The molecule has 1 rings (SSSR count). The molecular formula is C16H25Cl2N. The van der Waals surface area contributed by atoms with E-state index in [-0.39, 0.29) is 0 Å². The number of benzene rings is 1. The molecule has 108 valence electrons. The van der Waals surface area contributed by atoms with Gasteiger partial charge in [0.25, 0.3) is 0 Å². The fourth-order valence-electron chi connectivity index (χ4n) is 2.12. The second-order valence-corrected chi connectivity index (χ2v) is 7.12. The monoisotopic (exact) mass is 301 g/mol. The molecule has 0 amide bonds. The fourth-order valence-corrected chi connectivity index (χ4v) is 2.44. The molecule has 0 bridgehead atoms. The highest BCUT2D eigenvalue weighted by Gasteiger charge is 2.15. The minimum absolute atomic E-state index is 0.380. The lowest BCUT2D eigenvalue weighted by Gasteiger charge is -2.24. The lowest BCUT2D eigenvalue weighted by Crippen LogP contribution is -2.32. The largest absolute Gasteiger partial charge is 0.314 e. The van der Waals surface area contributed by atoms with Crippen LogP contribution in [0.3, 0.4) is 0 Å². The highest BCUT2D eigenvalue weighted by molar-refractivity contribution is 6.42. The van der Waals surface area contributed by atoms with Crippen molar-refractivity contribution in [3.05, 3.63) is 33.8 Å². The number of hydrogen-bond acceptors (Lipinski definition) is 1. The van der Waals surface area contributed by atoms with Gasteiger partial charge in [-0.25, -0.2) is 0 Å². The second kappa shape index (κ2) is 7.52. The summed E-state index contributed by atoms with van der Waals surface area (Å²) in [5.41, 5.74) is 1.62. The molecule has 0 aliphatic carbocycles. The van der Waals surface area contributed by atoms with Crippen molar-refractivity contribution in [2.45, 2.75) is 53.0 Å². The van der Waals surface area contributed by atoms with Crippen molar-refractivity contribution in [1.29, 1.82) is 0 Å². The lowest BCUT2D eigenvalue weighted by atomic mass is 9.87. The maximum atomic E-state index is 6.07. The zero-order valence-corrected chi connectivity index (χ0v) is 13.9. The van der Waals surface area contributed by atoms with E-state index in [4.69, 9.17) is 23.2 Å². The van der Waals surface area contributed by atoms with Gasteiger partial charge in [-0.05, 0) is 48.9 Å². The van der Waals surface area contributed by atoms with E-state index in [1.807, 2.05) is 12.1 Å². The summed E-state index contributed by atoms with van der Waals surface area (Å²) in [6.07, 6.45) is 3.39. The summed E-state index contributed by atoms with van der Waals surface area (Å²) >= 11 is 12.0. The Morgan fingerprint density at radius 2 is 1.84 bits per heavy atom. The molecule has 1 N–H and O–H groups in total. The summed E-state index contributed by atoms with van der Waals surface area (Å²) in [4.78, 5) is 0. The van der Waals surface area contributed by atoms with Gasteiger partial charge < -0.3 is 5.32 Å². The fraction of sp³-hybridized carbons (Fsp3) is 0.625. The Kier molecular flexibility index (Phi) is 6.65. The quantitative estimate of drug-likeness (QED) is 0.748. The molecule has 1 atom stereocenters. The van der Waals surface area contributed by atoms with E-state index in [2.05, 4.69) is 39.1 Å². The Balaban J connectivity index is 2.64. The third-order valence-electron chi connectivity index (χ3n) is 3.20. The van der Waals surface area contributed by atoms with Crippen molar-refractivity contribution in [2.24, 2.45) is 5.41 Å². The van der Waals surface area contributed by atoms with Crippen LogP contribution in [0.5, 0.6) is 0 Å². The standard InChI is InChI=1S/C16H25Cl2N/c1-5-19-13(8-9-16(2,3)4)10-12-6-7-14(17)15(18)11-12/h6-7,11,13,19H,5,8-10H2,1-4H3. The first-order valence-electron chi connectivity index (χ1n) is 6.99. The second-order valence-electron chi connectivity index (χ2n) is 6.31. The number of halogens is 2. The average Bonchev–Trinajstić information content (AvgIpc) is 2.30. The molecular weight excluding hydrogens is 277 g/mol. The summed E-state index contributed by atoms with van der Waals surface area (Å²) < 4.78 is 0. The van der Waals surface area contributed by atoms with Gasteiger partial charge in [0, 0.05) is 6.04 Å². The van der Waals surface area contributed by atoms with E-state index in [9.17, 15) is 0 Å². The van der Waals surface area contributed by atoms with Crippen molar-refractivity contribution >= 4 is 23.2 Å². The van der Waals surface area contributed by atoms with Crippen molar-refractivity contribution in [1.82, 2.24) is 5.32 Å². The number of likely N-dealkylation sites (N-methyl/N-ethyl adjacent to an activating group) is 1. The van der Waals surface area contributed by atoms with Gasteiger partial charge in [-0.1, -0.05) is 57.0 Å². The van der Waals surface area contributed by atoms with Crippen LogP contribution in [0.15, 0.2) is 18.2 Å². The molecule has 1 nitrogen and oxygen atoms in total. The molecule has 3 heteroatoms. The Labute approximate surface area is 127 Å². The SMILES string of the molecule is CCNC(CCC(C)(C)C)Cc1ccc(Cl)c(Cl)c1. The number of rotatable bonds is 6. The van der Waals surface area contributed by atoms with Gasteiger partial charge in [0.15, 0.2) is 0 Å². The van der Waals surface area contributed by atoms with Crippen LogP contribution in [0.1, 0.15) is 46.1 Å². The molecule has 0 fully saturated rings. The molecule has 19 heavy (non-hydrogen) atoms. The van der Waals surface area contributed by atoms with E-state index in [1.165, 1.54) is 18.4 Å². The van der Waals surface area contributed by atoms with E-state index in [1.54, 1.807) is 0 Å². The number of hydrogen-bond donors (Lipinski definition) is 1. The molecule has 1 unspecified atom stereocenters. The Bertz CT molecular complexity index is 396. The van der Waals surface area contributed by atoms with Crippen LogP contribution in [-0.4, -0.2) is 12.6 Å². The predicted molar refractivity (Wildman–Crippen MR) is 86.3 cm³/mol. The van der Waals surface area contributed by atoms with Crippen LogP contribution in [0.25, 0.3) is 0 Å². The Morgan fingerprint density at radius 3 is 2.37 bits per heavy atom. The zero-order valence-electron chi connectivity index (χ0n) is 12.4. The van der Waals surface area contributed by atoms with Crippen molar-refractivity contribution < 1.29 is 0 Å². The van der Waals surface area contributed by atoms with Crippen LogP contribution >= 0.6 is 23.2 Å².